The van der Waals surface area contributed by atoms with Gasteiger partial charge in [-0.05, 0) is 0 Å². The van der Waals surface area contributed by atoms with Gasteiger partial charge >= 0.3 is 17.9 Å². The molecule has 0 amide bonds. The van der Waals surface area contributed by atoms with Crippen LogP contribution in [0.15, 0.2) is 0 Å². The Morgan fingerprint density at radius 2 is 1.38 bits per heavy atom. The second kappa shape index (κ2) is 9.03. The lowest BCUT2D eigenvalue weighted by atomic mass is 10.0. The van der Waals surface area contributed by atoms with Gasteiger partial charge in [0.15, 0.2) is 24.6 Å². The first-order valence-electron chi connectivity index (χ1n) is 5.98. The molecule has 9 heteroatoms. The number of hydrogen-bond donors (Lipinski definition) is 2. The molecule has 0 saturated carbocycles. The third kappa shape index (κ3) is 6.82. The summed E-state index contributed by atoms with van der Waals surface area (Å²) in [5.41, 5.74) is 0. The van der Waals surface area contributed by atoms with E-state index in [2.05, 4.69) is 4.74 Å². The SMILES string of the molecule is CC(=O)OC(C=O)C(OC(C)=O)C(OC(C)=O)C(O)CO. The van der Waals surface area contributed by atoms with E-state index in [0.29, 0.717) is 0 Å². The number of aliphatic hydroxyl groups is 2. The fraction of sp³-hybridized carbons (Fsp3) is 0.667. The lowest BCUT2D eigenvalue weighted by Gasteiger charge is -2.31. The molecular weight excluding hydrogens is 288 g/mol. The third-order valence-corrected chi connectivity index (χ3v) is 2.25. The fourth-order valence-electron chi connectivity index (χ4n) is 1.54. The van der Waals surface area contributed by atoms with Crippen LogP contribution < -0.4 is 0 Å². The van der Waals surface area contributed by atoms with Crippen molar-refractivity contribution in [1.29, 1.82) is 0 Å². The number of aldehydes is 1. The molecule has 0 aliphatic rings. The van der Waals surface area contributed by atoms with Crippen molar-refractivity contribution in [2.24, 2.45) is 0 Å². The molecule has 0 aliphatic heterocycles. The van der Waals surface area contributed by atoms with Crippen molar-refractivity contribution in [2.75, 3.05) is 6.61 Å². The highest BCUT2D eigenvalue weighted by atomic mass is 16.6. The van der Waals surface area contributed by atoms with Crippen LogP contribution in [0.2, 0.25) is 0 Å². The van der Waals surface area contributed by atoms with Crippen molar-refractivity contribution in [3.8, 4) is 0 Å². The standard InChI is InChI=1S/C12H18O9/c1-6(15)19-10(5-14)12(21-8(3)17)11(9(18)4-13)20-7(2)16/h5,9-13,18H,4H2,1-3H3. The Balaban J connectivity index is 5.45. The molecule has 9 nitrogen and oxygen atoms in total. The third-order valence-electron chi connectivity index (χ3n) is 2.25. The number of carbonyl (C=O) groups excluding carboxylic acids is 4. The molecule has 0 saturated heterocycles. The second-order valence-corrected chi connectivity index (χ2v) is 4.11. The summed E-state index contributed by atoms with van der Waals surface area (Å²) in [6, 6.07) is 0. The van der Waals surface area contributed by atoms with Gasteiger partial charge in [0.2, 0.25) is 0 Å². The van der Waals surface area contributed by atoms with Crippen LogP contribution in [0.5, 0.6) is 0 Å². The van der Waals surface area contributed by atoms with Crippen molar-refractivity contribution in [1.82, 2.24) is 0 Å². The monoisotopic (exact) mass is 306 g/mol. The van der Waals surface area contributed by atoms with Gasteiger partial charge in [-0.25, -0.2) is 0 Å². The van der Waals surface area contributed by atoms with Gasteiger partial charge in [0.25, 0.3) is 0 Å². The molecule has 0 fully saturated rings. The van der Waals surface area contributed by atoms with Crippen LogP contribution in [-0.2, 0) is 33.4 Å². The van der Waals surface area contributed by atoms with E-state index < -0.39 is 48.9 Å². The maximum atomic E-state index is 11.1. The summed E-state index contributed by atoms with van der Waals surface area (Å²) in [4.78, 5) is 44.1. The van der Waals surface area contributed by atoms with Crippen molar-refractivity contribution in [2.45, 2.75) is 45.2 Å². The van der Waals surface area contributed by atoms with Crippen LogP contribution in [0, 0.1) is 0 Å². The lowest BCUT2D eigenvalue weighted by Crippen LogP contribution is -2.52. The minimum atomic E-state index is -1.64. The average molecular weight is 306 g/mol. The Bertz CT molecular complexity index is 392. The lowest BCUT2D eigenvalue weighted by molar-refractivity contribution is -0.193. The number of hydrogen-bond acceptors (Lipinski definition) is 9. The molecule has 120 valence electrons. The molecule has 4 unspecified atom stereocenters. The Morgan fingerprint density at radius 3 is 1.71 bits per heavy atom. The van der Waals surface area contributed by atoms with Crippen LogP contribution in [0.25, 0.3) is 0 Å². The molecule has 0 aromatic heterocycles. The summed E-state index contributed by atoms with van der Waals surface area (Å²) in [5, 5.41) is 18.6. The van der Waals surface area contributed by atoms with Crippen molar-refractivity contribution in [3.63, 3.8) is 0 Å². The molecular formula is C12H18O9. The molecule has 0 radical (unpaired) electrons. The summed E-state index contributed by atoms with van der Waals surface area (Å²) in [5.74, 6) is -2.55. The molecule has 4 atom stereocenters. The van der Waals surface area contributed by atoms with Crippen LogP contribution in [0.1, 0.15) is 20.8 Å². The fourth-order valence-corrected chi connectivity index (χ4v) is 1.54. The number of aliphatic hydroxyl groups excluding tert-OH is 2. The Morgan fingerprint density at radius 1 is 0.952 bits per heavy atom. The van der Waals surface area contributed by atoms with E-state index >= 15 is 0 Å². The predicted molar refractivity (Wildman–Crippen MR) is 65.8 cm³/mol. The van der Waals surface area contributed by atoms with Gasteiger partial charge in [0.05, 0.1) is 6.61 Å². The first-order chi connectivity index (χ1) is 9.72. The van der Waals surface area contributed by atoms with Crippen molar-refractivity contribution < 1.29 is 43.6 Å². The van der Waals surface area contributed by atoms with E-state index in [0.717, 1.165) is 20.8 Å². The van der Waals surface area contributed by atoms with Gasteiger partial charge in [0.1, 0.15) is 6.10 Å². The van der Waals surface area contributed by atoms with Crippen LogP contribution >= 0.6 is 0 Å². The van der Waals surface area contributed by atoms with Gasteiger partial charge in [-0.3, -0.25) is 19.2 Å². The summed E-state index contributed by atoms with van der Waals surface area (Å²) in [6.45, 7) is 2.22. The predicted octanol–water partition coefficient (Wildman–Crippen LogP) is -1.67. The van der Waals surface area contributed by atoms with E-state index in [1.165, 1.54) is 0 Å². The highest BCUT2D eigenvalue weighted by molar-refractivity contribution is 5.72. The molecule has 2 N–H and O–H groups in total. The zero-order valence-corrected chi connectivity index (χ0v) is 11.8. The second-order valence-electron chi connectivity index (χ2n) is 4.11. The van der Waals surface area contributed by atoms with Crippen molar-refractivity contribution in [3.05, 3.63) is 0 Å². The molecule has 0 aromatic carbocycles. The summed E-state index contributed by atoms with van der Waals surface area (Å²) < 4.78 is 14.2. The van der Waals surface area contributed by atoms with E-state index in [9.17, 15) is 24.3 Å². The molecule has 0 spiro atoms. The minimum Gasteiger partial charge on any atom is -0.456 e. The van der Waals surface area contributed by atoms with E-state index in [-0.39, 0.29) is 6.29 Å². The highest BCUT2D eigenvalue weighted by Crippen LogP contribution is 2.16. The van der Waals surface area contributed by atoms with Gasteiger partial charge in [0, 0.05) is 20.8 Å². The minimum absolute atomic E-state index is 0.162. The van der Waals surface area contributed by atoms with Crippen LogP contribution in [0.3, 0.4) is 0 Å². The molecule has 0 aliphatic carbocycles. The largest absolute Gasteiger partial charge is 0.456 e. The Kier molecular flexibility index (Phi) is 8.17. The number of ether oxygens (including phenoxy) is 3. The van der Waals surface area contributed by atoms with Crippen molar-refractivity contribution >= 4 is 24.2 Å². The molecule has 0 aromatic rings. The van der Waals surface area contributed by atoms with E-state index in [1.54, 1.807) is 0 Å². The van der Waals surface area contributed by atoms with Crippen LogP contribution in [0.4, 0.5) is 0 Å². The van der Waals surface area contributed by atoms with E-state index in [4.69, 9.17) is 14.6 Å². The topological polar surface area (TPSA) is 136 Å². The van der Waals surface area contributed by atoms with Crippen LogP contribution in [-0.4, -0.2) is 65.4 Å². The Labute approximate surface area is 120 Å². The zero-order chi connectivity index (χ0) is 16.6. The highest BCUT2D eigenvalue weighted by Gasteiger charge is 2.40. The smallest absolute Gasteiger partial charge is 0.303 e. The van der Waals surface area contributed by atoms with Gasteiger partial charge in [-0.15, -0.1) is 0 Å². The summed E-state index contributed by atoms with van der Waals surface area (Å²) in [7, 11) is 0. The molecule has 0 rings (SSSR count). The first-order valence-corrected chi connectivity index (χ1v) is 5.98. The maximum Gasteiger partial charge on any atom is 0.303 e. The molecule has 0 heterocycles. The number of esters is 3. The first kappa shape index (κ1) is 19.0. The van der Waals surface area contributed by atoms with Gasteiger partial charge < -0.3 is 24.4 Å². The normalized spacial score (nSPS) is 16.0. The van der Waals surface area contributed by atoms with E-state index in [1.807, 2.05) is 0 Å². The average Bonchev–Trinajstić information content (AvgIpc) is 2.38. The summed E-state index contributed by atoms with van der Waals surface area (Å²) >= 11 is 0. The molecule has 0 bridgehead atoms. The maximum absolute atomic E-state index is 11.1. The zero-order valence-electron chi connectivity index (χ0n) is 11.8. The molecule has 21 heavy (non-hydrogen) atoms. The number of rotatable bonds is 8. The Hall–Kier alpha value is -2.00. The van der Waals surface area contributed by atoms with Gasteiger partial charge in [-0.1, -0.05) is 0 Å². The quantitative estimate of drug-likeness (QED) is 0.306. The van der Waals surface area contributed by atoms with Gasteiger partial charge in [-0.2, -0.15) is 0 Å². The summed E-state index contributed by atoms with van der Waals surface area (Å²) in [6.07, 6.45) is -6.25. The number of carbonyl (C=O) groups is 4.